The molecule has 0 saturated carbocycles. The fraction of sp³-hybridized carbons (Fsp3) is 0.500. The lowest BCUT2D eigenvalue weighted by molar-refractivity contribution is -0.384. The van der Waals surface area contributed by atoms with E-state index in [1.54, 1.807) is 4.90 Å². The van der Waals surface area contributed by atoms with Crippen molar-refractivity contribution in [3.05, 3.63) is 38.9 Å². The highest BCUT2D eigenvalue weighted by molar-refractivity contribution is 6.31. The highest BCUT2D eigenvalue weighted by Gasteiger charge is 2.36. The summed E-state index contributed by atoms with van der Waals surface area (Å²) >= 11 is 5.88. The molecule has 2 atom stereocenters. The minimum absolute atomic E-state index is 0.152. The third kappa shape index (κ3) is 2.87. The van der Waals surface area contributed by atoms with Gasteiger partial charge in [-0.1, -0.05) is 11.6 Å². The van der Waals surface area contributed by atoms with E-state index < -0.39 is 4.92 Å². The Bertz CT molecular complexity index is 579. The molecule has 1 aromatic carbocycles. The molecule has 2 fully saturated rings. The first-order valence-electron chi connectivity index (χ1n) is 7.02. The summed E-state index contributed by atoms with van der Waals surface area (Å²) in [4.78, 5) is 24.6. The molecule has 0 aromatic heterocycles. The molecule has 0 spiro atoms. The van der Waals surface area contributed by atoms with Crippen molar-refractivity contribution in [2.24, 2.45) is 5.92 Å². The van der Waals surface area contributed by atoms with Crippen molar-refractivity contribution in [3.63, 3.8) is 0 Å². The number of nitrogens with zero attached hydrogens (tertiary/aromatic N) is 2. The average Bonchev–Trinajstić information content (AvgIpc) is 2.89. The fourth-order valence-corrected chi connectivity index (χ4v) is 3.43. The summed E-state index contributed by atoms with van der Waals surface area (Å²) in [6.07, 6.45) is 2.25. The Morgan fingerprint density at radius 1 is 1.38 bits per heavy atom. The van der Waals surface area contributed by atoms with E-state index >= 15 is 0 Å². The molecule has 1 aromatic rings. The lowest BCUT2D eigenvalue weighted by Crippen LogP contribution is -2.41. The van der Waals surface area contributed by atoms with Gasteiger partial charge in [-0.15, -0.1) is 0 Å². The molecule has 1 N–H and O–H groups in total. The first-order valence-corrected chi connectivity index (χ1v) is 7.40. The first-order chi connectivity index (χ1) is 10.0. The number of non-ortho nitro benzene ring substituents is 1. The summed E-state index contributed by atoms with van der Waals surface area (Å²) in [5.74, 6) is 0.300. The summed E-state index contributed by atoms with van der Waals surface area (Å²) in [6, 6.07) is 4.39. The molecule has 2 saturated heterocycles. The van der Waals surface area contributed by atoms with E-state index in [4.69, 9.17) is 11.6 Å². The molecule has 2 aliphatic rings. The van der Waals surface area contributed by atoms with Gasteiger partial charge in [0.15, 0.2) is 0 Å². The van der Waals surface area contributed by atoms with E-state index in [1.165, 1.54) is 18.2 Å². The van der Waals surface area contributed by atoms with Crippen molar-refractivity contribution in [2.45, 2.75) is 18.9 Å². The van der Waals surface area contributed by atoms with E-state index in [-0.39, 0.29) is 22.2 Å². The molecule has 112 valence electrons. The molecule has 21 heavy (non-hydrogen) atoms. The van der Waals surface area contributed by atoms with Crippen molar-refractivity contribution in [1.29, 1.82) is 0 Å². The van der Waals surface area contributed by atoms with Gasteiger partial charge in [-0.3, -0.25) is 14.9 Å². The first kappa shape index (κ1) is 14.3. The zero-order chi connectivity index (χ0) is 15.0. The van der Waals surface area contributed by atoms with Gasteiger partial charge in [-0.2, -0.15) is 0 Å². The standard InChI is InChI=1S/C14H16ClN3O3/c15-11-4-10(5-12(6-11)18(20)21)14(19)17-7-9-2-1-3-16-13(9)8-17/h4-6,9,13,16H,1-3,7-8H2. The number of rotatable bonds is 2. The van der Waals surface area contributed by atoms with Gasteiger partial charge < -0.3 is 10.2 Å². The molecule has 2 aliphatic heterocycles. The molecule has 1 amide bonds. The summed E-state index contributed by atoms with van der Waals surface area (Å²) in [6.45, 7) is 2.35. The van der Waals surface area contributed by atoms with Crippen molar-refractivity contribution in [1.82, 2.24) is 10.2 Å². The van der Waals surface area contributed by atoms with Crippen molar-refractivity contribution >= 4 is 23.2 Å². The topological polar surface area (TPSA) is 75.5 Å². The van der Waals surface area contributed by atoms with Crippen LogP contribution in [-0.2, 0) is 0 Å². The van der Waals surface area contributed by atoms with Crippen LogP contribution in [0.5, 0.6) is 0 Å². The summed E-state index contributed by atoms with van der Waals surface area (Å²) < 4.78 is 0. The number of carbonyl (C=O) groups is 1. The van der Waals surface area contributed by atoms with E-state index in [1.807, 2.05) is 0 Å². The maximum Gasteiger partial charge on any atom is 0.271 e. The molecular weight excluding hydrogens is 294 g/mol. The van der Waals surface area contributed by atoms with Gasteiger partial charge in [-0.05, 0) is 31.4 Å². The summed E-state index contributed by atoms with van der Waals surface area (Å²) in [5.41, 5.74) is 0.133. The number of halogens is 1. The second-order valence-electron chi connectivity index (χ2n) is 5.63. The zero-order valence-electron chi connectivity index (χ0n) is 11.4. The van der Waals surface area contributed by atoms with Crippen LogP contribution in [0.1, 0.15) is 23.2 Å². The Morgan fingerprint density at radius 2 is 2.19 bits per heavy atom. The van der Waals surface area contributed by atoms with Crippen LogP contribution >= 0.6 is 11.6 Å². The Kier molecular flexibility index (Phi) is 3.82. The number of hydrogen-bond acceptors (Lipinski definition) is 4. The largest absolute Gasteiger partial charge is 0.337 e. The minimum atomic E-state index is -0.534. The van der Waals surface area contributed by atoms with E-state index in [9.17, 15) is 14.9 Å². The smallest absolute Gasteiger partial charge is 0.271 e. The number of fused-ring (bicyclic) bond motifs is 1. The van der Waals surface area contributed by atoms with Gasteiger partial charge in [0.1, 0.15) is 0 Å². The second-order valence-corrected chi connectivity index (χ2v) is 6.06. The third-order valence-electron chi connectivity index (χ3n) is 4.23. The molecule has 7 heteroatoms. The number of likely N-dealkylation sites (tertiary alicyclic amines) is 1. The Balaban J connectivity index is 1.81. The van der Waals surface area contributed by atoms with E-state index in [2.05, 4.69) is 5.32 Å². The number of hydrogen-bond donors (Lipinski definition) is 1. The van der Waals surface area contributed by atoms with E-state index in [0.717, 1.165) is 19.4 Å². The van der Waals surface area contributed by atoms with Crippen LogP contribution in [0.15, 0.2) is 18.2 Å². The number of nitro groups is 1. The molecule has 2 unspecified atom stereocenters. The van der Waals surface area contributed by atoms with Crippen LogP contribution in [0.25, 0.3) is 0 Å². The average molecular weight is 310 g/mol. The maximum atomic E-state index is 12.5. The van der Waals surface area contributed by atoms with Gasteiger partial charge in [0.05, 0.1) is 4.92 Å². The molecule has 0 radical (unpaired) electrons. The lowest BCUT2D eigenvalue weighted by Gasteiger charge is -2.24. The number of piperidine rings is 1. The van der Waals surface area contributed by atoms with Crippen LogP contribution in [0.2, 0.25) is 5.02 Å². The Hall–Kier alpha value is -1.66. The van der Waals surface area contributed by atoms with Crippen LogP contribution < -0.4 is 5.32 Å². The van der Waals surface area contributed by atoms with Crippen LogP contribution in [-0.4, -0.2) is 41.4 Å². The van der Waals surface area contributed by atoms with Gasteiger partial charge in [-0.25, -0.2) is 0 Å². The number of benzene rings is 1. The van der Waals surface area contributed by atoms with Crippen LogP contribution in [0.3, 0.4) is 0 Å². The number of nitro benzene ring substituents is 1. The van der Waals surface area contributed by atoms with Crippen molar-refractivity contribution < 1.29 is 9.72 Å². The highest BCUT2D eigenvalue weighted by atomic mass is 35.5. The van der Waals surface area contributed by atoms with Crippen LogP contribution in [0, 0.1) is 16.0 Å². The maximum absolute atomic E-state index is 12.5. The normalized spacial score (nSPS) is 24.7. The monoisotopic (exact) mass is 309 g/mol. The zero-order valence-corrected chi connectivity index (χ0v) is 12.2. The number of carbonyl (C=O) groups excluding carboxylic acids is 1. The summed E-state index contributed by atoms with van der Waals surface area (Å²) in [7, 11) is 0. The van der Waals surface area contributed by atoms with Gasteiger partial charge in [0.25, 0.3) is 11.6 Å². The second kappa shape index (κ2) is 5.61. The fourth-order valence-electron chi connectivity index (χ4n) is 3.20. The lowest BCUT2D eigenvalue weighted by atomic mass is 9.94. The van der Waals surface area contributed by atoms with Crippen molar-refractivity contribution in [3.8, 4) is 0 Å². The molecule has 0 bridgehead atoms. The SMILES string of the molecule is O=C(c1cc(Cl)cc([N+](=O)[O-])c1)N1CC2CCCNC2C1. The summed E-state index contributed by atoms with van der Waals surface area (Å²) in [5, 5.41) is 14.5. The van der Waals surface area contributed by atoms with Gasteiger partial charge in [0, 0.05) is 41.9 Å². The third-order valence-corrected chi connectivity index (χ3v) is 4.44. The number of nitrogens with one attached hydrogen (secondary N) is 1. The predicted octanol–water partition coefficient (Wildman–Crippen LogP) is 2.07. The molecular formula is C14H16ClN3O3. The van der Waals surface area contributed by atoms with Crippen LogP contribution in [0.4, 0.5) is 5.69 Å². The minimum Gasteiger partial charge on any atom is -0.337 e. The van der Waals surface area contributed by atoms with E-state index in [0.29, 0.717) is 25.0 Å². The molecule has 6 nitrogen and oxygen atoms in total. The molecule has 0 aliphatic carbocycles. The Labute approximate surface area is 127 Å². The van der Waals surface area contributed by atoms with Gasteiger partial charge in [0.2, 0.25) is 0 Å². The molecule has 3 rings (SSSR count). The predicted molar refractivity (Wildman–Crippen MR) is 78.5 cm³/mol. The highest BCUT2D eigenvalue weighted by Crippen LogP contribution is 2.28. The number of amides is 1. The van der Waals surface area contributed by atoms with Gasteiger partial charge >= 0.3 is 0 Å². The Morgan fingerprint density at radius 3 is 2.90 bits per heavy atom. The van der Waals surface area contributed by atoms with Crippen molar-refractivity contribution in [2.75, 3.05) is 19.6 Å². The quantitative estimate of drug-likeness (QED) is 0.670. The molecule has 2 heterocycles.